The van der Waals surface area contributed by atoms with Crippen LogP contribution in [0.1, 0.15) is 35.2 Å². The molecule has 0 amide bonds. The lowest BCUT2D eigenvalue weighted by atomic mass is 9.81. The molecule has 0 saturated heterocycles. The van der Waals surface area contributed by atoms with Gasteiger partial charge < -0.3 is 4.74 Å². The van der Waals surface area contributed by atoms with E-state index in [1.54, 1.807) is 0 Å². The van der Waals surface area contributed by atoms with Gasteiger partial charge in [0.05, 0.1) is 16.5 Å². The van der Waals surface area contributed by atoms with Crippen molar-refractivity contribution in [2.24, 2.45) is 5.92 Å². The van der Waals surface area contributed by atoms with Crippen LogP contribution in [0, 0.1) is 5.92 Å². The monoisotopic (exact) mass is 476 g/mol. The number of carbonyl (C=O) groups excluding carboxylic acids is 3. The summed E-state index contributed by atoms with van der Waals surface area (Å²) in [6.45, 7) is -1.61. The molecule has 1 aliphatic rings. The predicted octanol–water partition coefficient (Wildman–Crippen LogP) is 3.54. The number of rotatable bonds is 6. The van der Waals surface area contributed by atoms with E-state index in [-0.39, 0.29) is 19.3 Å². The highest BCUT2D eigenvalue weighted by molar-refractivity contribution is 7.90. The topological polar surface area (TPSA) is 94.6 Å². The third-order valence-electron chi connectivity index (χ3n) is 4.35. The number of benzene rings is 1. The normalized spacial score (nSPS) is 16.8. The van der Waals surface area contributed by atoms with E-state index in [4.69, 9.17) is 11.6 Å². The first kappa shape index (κ1) is 24.4. The van der Waals surface area contributed by atoms with Crippen molar-refractivity contribution >= 4 is 38.8 Å². The van der Waals surface area contributed by atoms with Crippen molar-refractivity contribution in [3.8, 4) is 0 Å². The predicted molar refractivity (Wildman–Crippen MR) is 92.0 cm³/mol. The van der Waals surface area contributed by atoms with E-state index in [9.17, 15) is 44.8 Å². The zero-order valence-corrected chi connectivity index (χ0v) is 16.8. The second-order valence-electron chi connectivity index (χ2n) is 6.56. The smallest absolute Gasteiger partial charge is 0.308 e. The van der Waals surface area contributed by atoms with Gasteiger partial charge in [0.2, 0.25) is 0 Å². The fraction of sp³-hybridized carbons (Fsp3) is 0.471. The number of ketones is 3. The van der Waals surface area contributed by atoms with Crippen molar-refractivity contribution in [3.63, 3.8) is 0 Å². The molecule has 30 heavy (non-hydrogen) atoms. The van der Waals surface area contributed by atoms with Gasteiger partial charge in [-0.05, 0) is 18.6 Å². The van der Waals surface area contributed by atoms with Gasteiger partial charge in [0.1, 0.15) is 5.92 Å². The Morgan fingerprint density at radius 1 is 1.13 bits per heavy atom. The fourth-order valence-corrected chi connectivity index (χ4v) is 4.17. The number of Topliss-reactive ketones (excluding diaryl/α,β-unsaturated/α-hetero) is 3. The van der Waals surface area contributed by atoms with Gasteiger partial charge in [0.15, 0.2) is 27.2 Å². The molecule has 0 N–H and O–H groups in total. The number of hydrogen-bond donors (Lipinski definition) is 0. The van der Waals surface area contributed by atoms with Crippen LogP contribution in [0.2, 0.25) is 5.02 Å². The molecule has 0 atom stereocenters. The standard InChI is InChI=1S/C17H14ClF5O6S/c1-30(27,28)12-6-5-8(15(26)13-10(24)3-2-4-11(13)25)14(18)9(12)7-29-17(22,23)16(19,20)21/h5-6,13H,2-4,7H2,1H3. The van der Waals surface area contributed by atoms with Crippen molar-refractivity contribution in [2.45, 2.75) is 43.0 Å². The molecule has 0 spiro atoms. The van der Waals surface area contributed by atoms with E-state index in [0.29, 0.717) is 6.26 Å². The molecular formula is C17H14ClF5O6S. The number of hydrogen-bond acceptors (Lipinski definition) is 6. The molecule has 166 valence electrons. The van der Waals surface area contributed by atoms with Crippen molar-refractivity contribution in [1.29, 1.82) is 0 Å². The largest absolute Gasteiger partial charge is 0.482 e. The lowest BCUT2D eigenvalue weighted by Gasteiger charge is -2.22. The van der Waals surface area contributed by atoms with E-state index < -0.39 is 73.0 Å². The maximum Gasteiger partial charge on any atom is 0.482 e. The molecular weight excluding hydrogens is 463 g/mol. The molecule has 1 aromatic rings. The van der Waals surface area contributed by atoms with E-state index in [0.717, 1.165) is 12.1 Å². The van der Waals surface area contributed by atoms with Crippen LogP contribution in [0.25, 0.3) is 0 Å². The van der Waals surface area contributed by atoms with Gasteiger partial charge >= 0.3 is 12.3 Å². The first-order valence-corrected chi connectivity index (χ1v) is 10.5. The average Bonchev–Trinajstić information content (AvgIpc) is 2.58. The molecule has 1 aromatic carbocycles. The van der Waals surface area contributed by atoms with E-state index >= 15 is 0 Å². The molecule has 0 radical (unpaired) electrons. The second-order valence-corrected chi connectivity index (χ2v) is 8.92. The number of halogens is 6. The van der Waals surface area contributed by atoms with E-state index in [2.05, 4.69) is 4.74 Å². The van der Waals surface area contributed by atoms with Gasteiger partial charge in [0, 0.05) is 30.2 Å². The molecule has 0 aliphatic heterocycles. The van der Waals surface area contributed by atoms with Gasteiger partial charge in [-0.15, -0.1) is 0 Å². The van der Waals surface area contributed by atoms with Crippen LogP contribution in [-0.2, 0) is 30.8 Å². The minimum absolute atomic E-state index is 0.0606. The molecule has 0 aromatic heterocycles. The maximum atomic E-state index is 13.1. The third-order valence-corrected chi connectivity index (χ3v) is 5.96. The lowest BCUT2D eigenvalue weighted by molar-refractivity contribution is -0.395. The van der Waals surface area contributed by atoms with Gasteiger partial charge in [0.25, 0.3) is 0 Å². The summed E-state index contributed by atoms with van der Waals surface area (Å²) in [4.78, 5) is 35.9. The minimum atomic E-state index is -6.08. The van der Waals surface area contributed by atoms with Crippen molar-refractivity contribution in [2.75, 3.05) is 6.26 Å². The highest BCUT2D eigenvalue weighted by Gasteiger charge is 2.59. The van der Waals surface area contributed by atoms with Crippen LogP contribution in [-0.4, -0.2) is 44.3 Å². The van der Waals surface area contributed by atoms with Crippen LogP contribution in [0.5, 0.6) is 0 Å². The zero-order valence-electron chi connectivity index (χ0n) is 15.2. The van der Waals surface area contributed by atoms with Crippen LogP contribution in [0.4, 0.5) is 22.0 Å². The minimum Gasteiger partial charge on any atom is -0.308 e. The number of alkyl halides is 5. The molecule has 6 nitrogen and oxygen atoms in total. The summed E-state index contributed by atoms with van der Waals surface area (Å²) in [5.41, 5.74) is -1.39. The molecule has 2 rings (SSSR count). The molecule has 1 saturated carbocycles. The molecule has 1 fully saturated rings. The Labute approximate surface area is 172 Å². The Morgan fingerprint density at radius 2 is 1.67 bits per heavy atom. The van der Waals surface area contributed by atoms with Crippen LogP contribution in [0.15, 0.2) is 17.0 Å². The molecule has 0 heterocycles. The first-order valence-electron chi connectivity index (χ1n) is 8.27. The Hall–Kier alpha value is -1.92. The summed E-state index contributed by atoms with van der Waals surface area (Å²) in [5, 5.41) is -0.799. The Bertz CT molecular complexity index is 987. The number of carbonyl (C=O) groups is 3. The summed E-state index contributed by atoms with van der Waals surface area (Å²) in [6.07, 6.45) is -10.9. The fourth-order valence-electron chi connectivity index (χ4n) is 2.87. The quantitative estimate of drug-likeness (QED) is 0.354. The molecule has 0 unspecified atom stereocenters. The summed E-state index contributed by atoms with van der Waals surface area (Å²) in [6, 6.07) is 1.62. The van der Waals surface area contributed by atoms with E-state index in [1.165, 1.54) is 0 Å². The summed E-state index contributed by atoms with van der Waals surface area (Å²) < 4.78 is 90.7. The first-order chi connectivity index (χ1) is 13.6. The Balaban J connectivity index is 2.53. The molecule has 13 heteroatoms. The Morgan fingerprint density at radius 3 is 2.13 bits per heavy atom. The third kappa shape index (κ3) is 4.86. The van der Waals surface area contributed by atoms with Crippen molar-refractivity contribution in [3.05, 3.63) is 28.3 Å². The molecule has 1 aliphatic carbocycles. The van der Waals surface area contributed by atoms with Crippen LogP contribution in [0.3, 0.4) is 0 Å². The van der Waals surface area contributed by atoms with Gasteiger partial charge in [-0.3, -0.25) is 14.4 Å². The maximum absolute atomic E-state index is 13.1. The van der Waals surface area contributed by atoms with Gasteiger partial charge in [-0.2, -0.15) is 22.0 Å². The van der Waals surface area contributed by atoms with E-state index in [1.807, 2.05) is 0 Å². The summed E-state index contributed by atoms with van der Waals surface area (Å²) in [5.74, 6) is -4.19. The lowest BCUT2D eigenvalue weighted by Crippen LogP contribution is -2.39. The van der Waals surface area contributed by atoms with Crippen molar-refractivity contribution in [1.82, 2.24) is 0 Å². The zero-order chi connectivity index (χ0) is 23.1. The highest BCUT2D eigenvalue weighted by Crippen LogP contribution is 2.39. The van der Waals surface area contributed by atoms with Gasteiger partial charge in [-0.1, -0.05) is 11.6 Å². The SMILES string of the molecule is CS(=O)(=O)c1ccc(C(=O)C2C(=O)CCCC2=O)c(Cl)c1COC(F)(F)C(F)(F)F. The Kier molecular flexibility index (Phi) is 6.74. The number of ether oxygens (including phenoxy) is 1. The molecule has 0 bridgehead atoms. The summed E-state index contributed by atoms with van der Waals surface area (Å²) in [7, 11) is -4.18. The second kappa shape index (κ2) is 8.31. The van der Waals surface area contributed by atoms with Crippen LogP contribution >= 0.6 is 11.6 Å². The van der Waals surface area contributed by atoms with Crippen LogP contribution < -0.4 is 0 Å². The average molecular weight is 477 g/mol. The highest BCUT2D eigenvalue weighted by atomic mass is 35.5. The number of sulfone groups is 1. The van der Waals surface area contributed by atoms with Crippen molar-refractivity contribution < 1.29 is 49.5 Å². The summed E-state index contributed by atoms with van der Waals surface area (Å²) >= 11 is 5.96. The van der Waals surface area contributed by atoms with Gasteiger partial charge in [-0.25, -0.2) is 8.42 Å².